The fourth-order valence-electron chi connectivity index (χ4n) is 4.53. The lowest BCUT2D eigenvalue weighted by Crippen LogP contribution is -2.38. The zero-order valence-electron chi connectivity index (χ0n) is 18.2. The smallest absolute Gasteiger partial charge is 0.250 e. The number of amides is 1. The number of carbonyl (C=O) groups excluding carboxylic acids is 2. The summed E-state index contributed by atoms with van der Waals surface area (Å²) in [6, 6.07) is 10.5. The van der Waals surface area contributed by atoms with Gasteiger partial charge in [0.25, 0.3) is 5.91 Å². The van der Waals surface area contributed by atoms with E-state index in [1.807, 2.05) is 12.3 Å². The van der Waals surface area contributed by atoms with E-state index < -0.39 is 15.9 Å². The number of rotatable bonds is 6. The predicted molar refractivity (Wildman–Crippen MR) is 125 cm³/mol. The molecule has 0 unspecified atom stereocenters. The van der Waals surface area contributed by atoms with Gasteiger partial charge in [-0.25, -0.2) is 12.7 Å². The second kappa shape index (κ2) is 8.81. The molecule has 9 heteroatoms. The summed E-state index contributed by atoms with van der Waals surface area (Å²) in [7, 11) is -3.22. The van der Waals surface area contributed by atoms with E-state index in [9.17, 15) is 23.3 Å². The molecular weight excluding hydrogens is 440 g/mol. The normalized spacial score (nSPS) is 15.4. The second-order valence-electron chi connectivity index (χ2n) is 8.20. The van der Waals surface area contributed by atoms with Gasteiger partial charge in [0.15, 0.2) is 0 Å². The van der Waals surface area contributed by atoms with Crippen LogP contribution in [0.4, 0.5) is 0 Å². The molecule has 170 valence electrons. The summed E-state index contributed by atoms with van der Waals surface area (Å²) < 4.78 is 25.9. The lowest BCUT2D eigenvalue weighted by atomic mass is 9.88. The first-order chi connectivity index (χ1) is 15.8. The van der Waals surface area contributed by atoms with Gasteiger partial charge in [0.05, 0.1) is 28.5 Å². The number of sulfonamides is 1. The average Bonchev–Trinajstić information content (AvgIpc) is 3.27. The Bertz CT molecular complexity index is 1390. The Morgan fingerprint density at radius 2 is 1.91 bits per heavy atom. The second-order valence-corrected chi connectivity index (χ2v) is 10.5. The number of nitrogens with zero attached hydrogens (tertiary/aromatic N) is 2. The van der Waals surface area contributed by atoms with Crippen molar-refractivity contribution < 1.29 is 18.0 Å². The van der Waals surface area contributed by atoms with Gasteiger partial charge < -0.3 is 10.7 Å². The molecule has 1 aliphatic rings. The van der Waals surface area contributed by atoms with Crippen molar-refractivity contribution >= 4 is 33.1 Å². The van der Waals surface area contributed by atoms with Crippen molar-refractivity contribution in [1.82, 2.24) is 9.29 Å². The van der Waals surface area contributed by atoms with Crippen LogP contribution >= 0.6 is 0 Å². The summed E-state index contributed by atoms with van der Waals surface area (Å²) in [5, 5.41) is 10.2. The van der Waals surface area contributed by atoms with Crippen LogP contribution in [0.25, 0.3) is 22.0 Å². The van der Waals surface area contributed by atoms with E-state index in [1.165, 1.54) is 10.4 Å². The van der Waals surface area contributed by atoms with Gasteiger partial charge in [0, 0.05) is 30.2 Å². The topological polar surface area (TPSA) is 137 Å². The average molecular weight is 465 g/mol. The Hall–Kier alpha value is -3.48. The van der Waals surface area contributed by atoms with E-state index in [0.29, 0.717) is 65.6 Å². The molecule has 0 bridgehead atoms. The Kier molecular flexibility index (Phi) is 6.06. The number of nitrogens with one attached hydrogen (secondary N) is 1. The third-order valence-electron chi connectivity index (χ3n) is 6.29. The van der Waals surface area contributed by atoms with Gasteiger partial charge in [-0.2, -0.15) is 5.26 Å². The van der Waals surface area contributed by atoms with Gasteiger partial charge in [-0.15, -0.1) is 0 Å². The zero-order chi connectivity index (χ0) is 23.8. The summed E-state index contributed by atoms with van der Waals surface area (Å²) in [5.41, 5.74) is 9.61. The maximum absolute atomic E-state index is 12.2. The van der Waals surface area contributed by atoms with Gasteiger partial charge in [-0.05, 0) is 72.7 Å². The Morgan fingerprint density at radius 1 is 1.21 bits per heavy atom. The fraction of sp³-hybridized carbons (Fsp3) is 0.292. The molecule has 0 atom stereocenters. The van der Waals surface area contributed by atoms with Gasteiger partial charge in [-0.1, -0.05) is 0 Å². The standard InChI is InChI=1S/C24H24N4O4S/c1-2-33(31,32)28-5-3-17(4-6-28)22-13-27-23-20(22)10-19(11-21(23)24(26)30)18-8-15(12-25)7-16(9-18)14-29/h7-11,13-14,17,27H,2-6H2,1H3,(H2,26,30). The lowest BCUT2D eigenvalue weighted by molar-refractivity contribution is 0.100. The highest BCUT2D eigenvalue weighted by molar-refractivity contribution is 7.89. The van der Waals surface area contributed by atoms with E-state index in [1.54, 1.807) is 25.1 Å². The molecule has 0 aliphatic carbocycles. The maximum Gasteiger partial charge on any atom is 0.250 e. The van der Waals surface area contributed by atoms with Crippen molar-refractivity contribution in [3.05, 3.63) is 58.8 Å². The number of aldehydes is 1. The number of hydrogen-bond acceptors (Lipinski definition) is 5. The molecule has 1 aromatic heterocycles. The number of primary amides is 1. The third-order valence-corrected chi connectivity index (χ3v) is 8.17. The van der Waals surface area contributed by atoms with Crippen LogP contribution in [0, 0.1) is 11.3 Å². The van der Waals surface area contributed by atoms with Crippen molar-refractivity contribution in [2.45, 2.75) is 25.7 Å². The highest BCUT2D eigenvalue weighted by Crippen LogP contribution is 2.37. The molecule has 3 aromatic rings. The van der Waals surface area contributed by atoms with Crippen molar-refractivity contribution in [1.29, 1.82) is 5.26 Å². The molecule has 0 spiro atoms. The lowest BCUT2D eigenvalue weighted by Gasteiger charge is -2.31. The summed E-state index contributed by atoms with van der Waals surface area (Å²) >= 11 is 0. The number of hydrogen-bond donors (Lipinski definition) is 2. The highest BCUT2D eigenvalue weighted by Gasteiger charge is 2.29. The highest BCUT2D eigenvalue weighted by atomic mass is 32.2. The fourth-order valence-corrected chi connectivity index (χ4v) is 5.66. The van der Waals surface area contributed by atoms with E-state index in [4.69, 9.17) is 5.73 Å². The molecule has 2 heterocycles. The quantitative estimate of drug-likeness (QED) is 0.540. The van der Waals surface area contributed by atoms with Gasteiger partial charge >= 0.3 is 0 Å². The molecule has 0 radical (unpaired) electrons. The van der Waals surface area contributed by atoms with Crippen LogP contribution in [-0.4, -0.2) is 48.7 Å². The third kappa shape index (κ3) is 4.27. The minimum atomic E-state index is -3.22. The first kappa shape index (κ1) is 22.7. The Balaban J connectivity index is 1.79. The molecule has 1 saturated heterocycles. The number of H-pyrrole nitrogens is 1. The van der Waals surface area contributed by atoms with Crippen molar-refractivity contribution in [2.24, 2.45) is 5.73 Å². The van der Waals surface area contributed by atoms with Gasteiger partial charge in [-0.3, -0.25) is 9.59 Å². The first-order valence-corrected chi connectivity index (χ1v) is 12.3. The monoisotopic (exact) mass is 464 g/mol. The molecule has 3 N–H and O–H groups in total. The van der Waals surface area contributed by atoms with E-state index in [2.05, 4.69) is 11.1 Å². The molecule has 33 heavy (non-hydrogen) atoms. The van der Waals surface area contributed by atoms with Crippen LogP contribution in [0.3, 0.4) is 0 Å². The number of piperidine rings is 1. The van der Waals surface area contributed by atoms with E-state index in [-0.39, 0.29) is 11.7 Å². The summed E-state index contributed by atoms with van der Waals surface area (Å²) in [6.45, 7) is 2.54. The van der Waals surface area contributed by atoms with Gasteiger partial charge in [0.2, 0.25) is 10.0 Å². The molecule has 1 amide bonds. The zero-order valence-corrected chi connectivity index (χ0v) is 19.0. The van der Waals surface area contributed by atoms with Crippen molar-refractivity contribution in [2.75, 3.05) is 18.8 Å². The predicted octanol–water partition coefficient (Wildman–Crippen LogP) is 3.15. The van der Waals surface area contributed by atoms with Crippen LogP contribution in [0.15, 0.2) is 36.5 Å². The number of fused-ring (bicyclic) bond motifs is 1. The summed E-state index contributed by atoms with van der Waals surface area (Å²) in [4.78, 5) is 26.8. The number of benzene rings is 2. The number of nitriles is 1. The molecule has 8 nitrogen and oxygen atoms in total. The maximum atomic E-state index is 12.2. The number of aromatic amines is 1. The molecule has 2 aromatic carbocycles. The number of nitrogens with two attached hydrogens (primary N) is 1. The summed E-state index contributed by atoms with van der Waals surface area (Å²) in [5.74, 6) is -0.388. The van der Waals surface area contributed by atoms with E-state index in [0.717, 1.165) is 10.9 Å². The molecule has 4 rings (SSSR count). The van der Waals surface area contributed by atoms with E-state index >= 15 is 0 Å². The first-order valence-electron chi connectivity index (χ1n) is 10.7. The largest absolute Gasteiger partial charge is 0.366 e. The number of carbonyl (C=O) groups is 2. The SMILES string of the molecule is CCS(=O)(=O)N1CCC(c2c[nH]c3c(C(N)=O)cc(-c4cc(C#N)cc(C=O)c4)cc23)CC1. The van der Waals surface area contributed by atoms with Crippen LogP contribution in [0.2, 0.25) is 0 Å². The van der Waals surface area contributed by atoms with Crippen LogP contribution in [0.5, 0.6) is 0 Å². The summed E-state index contributed by atoms with van der Waals surface area (Å²) in [6.07, 6.45) is 3.87. The Morgan fingerprint density at radius 3 is 2.52 bits per heavy atom. The molecule has 1 aliphatic heterocycles. The van der Waals surface area contributed by atoms with Gasteiger partial charge in [0.1, 0.15) is 6.29 Å². The molecule has 0 saturated carbocycles. The molecule has 1 fully saturated rings. The minimum absolute atomic E-state index is 0.0839. The van der Waals surface area contributed by atoms with Crippen LogP contribution < -0.4 is 5.73 Å². The van der Waals surface area contributed by atoms with Crippen LogP contribution in [0.1, 0.15) is 57.5 Å². The number of aromatic nitrogens is 1. The van der Waals surface area contributed by atoms with Crippen molar-refractivity contribution in [3.63, 3.8) is 0 Å². The van der Waals surface area contributed by atoms with Crippen molar-refractivity contribution in [3.8, 4) is 17.2 Å². The van der Waals surface area contributed by atoms with Crippen LogP contribution in [-0.2, 0) is 10.0 Å². The Labute approximate surface area is 192 Å². The minimum Gasteiger partial charge on any atom is -0.366 e. The molecular formula is C24H24N4O4S.